The first kappa shape index (κ1) is 13.4. The highest BCUT2D eigenvalue weighted by atomic mass is 32.1. The van der Waals surface area contributed by atoms with Gasteiger partial charge in [0.1, 0.15) is 13.2 Å². The first-order valence-corrected chi connectivity index (χ1v) is 7.71. The highest BCUT2D eigenvalue weighted by Crippen LogP contribution is 2.30. The van der Waals surface area contributed by atoms with Gasteiger partial charge in [-0.3, -0.25) is 4.98 Å². The van der Waals surface area contributed by atoms with Gasteiger partial charge in [0.15, 0.2) is 11.5 Å². The van der Waals surface area contributed by atoms with Crippen molar-refractivity contribution in [1.82, 2.24) is 10.3 Å². The van der Waals surface area contributed by atoms with E-state index in [9.17, 15) is 0 Å². The molecule has 0 bridgehead atoms. The smallest absolute Gasteiger partial charge is 0.161 e. The lowest BCUT2D eigenvalue weighted by atomic mass is 10.1. The Hall–Kier alpha value is -1.59. The third kappa shape index (κ3) is 3.11. The maximum Gasteiger partial charge on any atom is 0.161 e. The van der Waals surface area contributed by atoms with E-state index in [-0.39, 0.29) is 0 Å². The number of benzene rings is 1. The Bertz CT molecular complexity index is 557. The van der Waals surface area contributed by atoms with E-state index in [1.807, 2.05) is 17.8 Å². The lowest BCUT2D eigenvalue weighted by Gasteiger charge is -2.19. The minimum atomic E-state index is 0.347. The molecule has 0 aliphatic carbocycles. The van der Waals surface area contributed by atoms with E-state index < -0.39 is 0 Å². The highest BCUT2D eigenvalue weighted by molar-refractivity contribution is 7.09. The lowest BCUT2D eigenvalue weighted by Crippen LogP contribution is -2.21. The molecule has 0 fully saturated rings. The standard InChI is InChI=1S/C15H18N2O2S/c1-11(15-9-16-10-20-15)17-5-4-12-2-3-13-14(8-12)19-7-6-18-13/h2-3,8-11,17H,4-7H2,1H3. The number of fused-ring (bicyclic) bond motifs is 1. The lowest BCUT2D eigenvalue weighted by molar-refractivity contribution is 0.171. The monoisotopic (exact) mass is 290 g/mol. The van der Waals surface area contributed by atoms with Crippen LogP contribution < -0.4 is 14.8 Å². The quantitative estimate of drug-likeness (QED) is 0.919. The second-order valence-electron chi connectivity index (χ2n) is 4.81. The van der Waals surface area contributed by atoms with Gasteiger partial charge in [0.25, 0.3) is 0 Å². The molecule has 1 atom stereocenters. The summed E-state index contributed by atoms with van der Waals surface area (Å²) in [6.45, 7) is 4.37. The van der Waals surface area contributed by atoms with Crippen molar-refractivity contribution in [1.29, 1.82) is 0 Å². The van der Waals surface area contributed by atoms with E-state index in [1.165, 1.54) is 10.4 Å². The number of aromatic nitrogens is 1. The third-order valence-corrected chi connectivity index (χ3v) is 4.31. The Labute approximate surface area is 122 Å². The zero-order valence-corrected chi connectivity index (χ0v) is 12.3. The van der Waals surface area contributed by atoms with E-state index in [2.05, 4.69) is 29.4 Å². The molecule has 1 aromatic heterocycles. The van der Waals surface area contributed by atoms with Gasteiger partial charge in [-0.05, 0) is 37.6 Å². The topological polar surface area (TPSA) is 43.4 Å². The number of nitrogens with one attached hydrogen (secondary N) is 1. The first-order chi connectivity index (χ1) is 9.83. The van der Waals surface area contributed by atoms with Crippen LogP contribution in [-0.4, -0.2) is 24.7 Å². The summed E-state index contributed by atoms with van der Waals surface area (Å²) >= 11 is 1.69. The van der Waals surface area contributed by atoms with Crippen molar-refractivity contribution in [3.63, 3.8) is 0 Å². The zero-order valence-electron chi connectivity index (χ0n) is 11.5. The van der Waals surface area contributed by atoms with Crippen molar-refractivity contribution in [3.8, 4) is 11.5 Å². The normalized spacial score (nSPS) is 15.1. The number of hydrogen-bond acceptors (Lipinski definition) is 5. The van der Waals surface area contributed by atoms with Crippen LogP contribution in [0.5, 0.6) is 11.5 Å². The number of thiazole rings is 1. The van der Waals surface area contributed by atoms with Crippen LogP contribution in [0.15, 0.2) is 29.9 Å². The molecule has 3 rings (SSSR count). The van der Waals surface area contributed by atoms with Gasteiger partial charge >= 0.3 is 0 Å². The fraction of sp³-hybridized carbons (Fsp3) is 0.400. The molecule has 1 aromatic carbocycles. The van der Waals surface area contributed by atoms with Gasteiger partial charge in [-0.15, -0.1) is 11.3 Å². The molecule has 2 aromatic rings. The molecule has 0 saturated heterocycles. The number of ether oxygens (including phenoxy) is 2. The van der Waals surface area contributed by atoms with Gasteiger partial charge in [-0.1, -0.05) is 6.07 Å². The minimum absolute atomic E-state index is 0.347. The van der Waals surface area contributed by atoms with E-state index in [0.29, 0.717) is 19.3 Å². The molecule has 0 spiro atoms. The summed E-state index contributed by atoms with van der Waals surface area (Å²) in [5, 5.41) is 3.51. The van der Waals surface area contributed by atoms with Crippen LogP contribution in [0, 0.1) is 0 Å². The fourth-order valence-electron chi connectivity index (χ4n) is 2.22. The number of hydrogen-bond donors (Lipinski definition) is 1. The van der Waals surface area contributed by atoms with Crippen LogP contribution in [0.4, 0.5) is 0 Å². The van der Waals surface area contributed by atoms with Crippen LogP contribution in [0.25, 0.3) is 0 Å². The van der Waals surface area contributed by atoms with Gasteiger partial charge in [0.05, 0.1) is 5.51 Å². The molecular formula is C15H18N2O2S. The molecule has 0 amide bonds. The third-order valence-electron chi connectivity index (χ3n) is 3.35. The molecule has 1 N–H and O–H groups in total. The van der Waals surface area contributed by atoms with Crippen molar-refractivity contribution in [2.45, 2.75) is 19.4 Å². The Morgan fingerprint density at radius 2 is 2.15 bits per heavy atom. The Morgan fingerprint density at radius 1 is 1.30 bits per heavy atom. The van der Waals surface area contributed by atoms with Crippen molar-refractivity contribution in [2.24, 2.45) is 0 Å². The first-order valence-electron chi connectivity index (χ1n) is 6.83. The molecule has 106 valence electrons. The van der Waals surface area contributed by atoms with E-state index >= 15 is 0 Å². The Kier molecular flexibility index (Phi) is 4.18. The van der Waals surface area contributed by atoms with Crippen LogP contribution >= 0.6 is 11.3 Å². The van der Waals surface area contributed by atoms with E-state index in [4.69, 9.17) is 9.47 Å². The van der Waals surface area contributed by atoms with Crippen molar-refractivity contribution < 1.29 is 9.47 Å². The molecule has 1 unspecified atom stereocenters. The summed E-state index contributed by atoms with van der Waals surface area (Å²) in [5.41, 5.74) is 3.13. The average molecular weight is 290 g/mol. The van der Waals surface area contributed by atoms with Crippen molar-refractivity contribution in [3.05, 3.63) is 40.3 Å². The van der Waals surface area contributed by atoms with Gasteiger partial charge < -0.3 is 14.8 Å². The van der Waals surface area contributed by atoms with Crippen LogP contribution in [0.3, 0.4) is 0 Å². The Balaban J connectivity index is 1.53. The largest absolute Gasteiger partial charge is 0.486 e. The predicted octanol–water partition coefficient (Wildman–Crippen LogP) is 2.81. The van der Waals surface area contributed by atoms with E-state index in [1.54, 1.807) is 11.3 Å². The molecule has 0 saturated carbocycles. The molecule has 4 nitrogen and oxygen atoms in total. The summed E-state index contributed by atoms with van der Waals surface area (Å²) in [4.78, 5) is 5.38. The van der Waals surface area contributed by atoms with Gasteiger partial charge in [-0.25, -0.2) is 0 Å². The SMILES string of the molecule is CC(NCCc1ccc2c(c1)OCCO2)c1cncs1. The highest BCUT2D eigenvalue weighted by Gasteiger charge is 2.12. The summed E-state index contributed by atoms with van der Waals surface area (Å²) in [7, 11) is 0. The van der Waals surface area contributed by atoms with Gasteiger partial charge in [-0.2, -0.15) is 0 Å². The Morgan fingerprint density at radius 3 is 2.95 bits per heavy atom. The fourth-order valence-corrected chi connectivity index (χ4v) is 2.87. The number of rotatable bonds is 5. The molecule has 5 heteroatoms. The summed E-state index contributed by atoms with van der Waals surface area (Å²) < 4.78 is 11.1. The molecular weight excluding hydrogens is 272 g/mol. The summed E-state index contributed by atoms with van der Waals surface area (Å²) in [5.74, 6) is 1.72. The molecule has 1 aliphatic rings. The minimum Gasteiger partial charge on any atom is -0.486 e. The zero-order chi connectivity index (χ0) is 13.8. The molecule has 0 radical (unpaired) electrons. The average Bonchev–Trinajstić information content (AvgIpc) is 3.01. The van der Waals surface area contributed by atoms with Crippen molar-refractivity contribution in [2.75, 3.05) is 19.8 Å². The van der Waals surface area contributed by atoms with Crippen LogP contribution in [0.1, 0.15) is 23.4 Å². The molecule has 1 aliphatic heterocycles. The second-order valence-corrected chi connectivity index (χ2v) is 5.73. The predicted molar refractivity (Wildman–Crippen MR) is 79.7 cm³/mol. The molecule has 2 heterocycles. The molecule has 20 heavy (non-hydrogen) atoms. The van der Waals surface area contributed by atoms with Gasteiger partial charge in [0.2, 0.25) is 0 Å². The van der Waals surface area contributed by atoms with Crippen molar-refractivity contribution >= 4 is 11.3 Å². The maximum atomic E-state index is 5.60. The maximum absolute atomic E-state index is 5.60. The summed E-state index contributed by atoms with van der Waals surface area (Å²) in [6, 6.07) is 6.52. The second kappa shape index (κ2) is 6.24. The number of nitrogens with zero attached hydrogens (tertiary/aromatic N) is 1. The summed E-state index contributed by atoms with van der Waals surface area (Å²) in [6.07, 6.45) is 2.90. The van der Waals surface area contributed by atoms with Gasteiger partial charge in [0, 0.05) is 17.1 Å². The van der Waals surface area contributed by atoms with Crippen LogP contribution in [-0.2, 0) is 6.42 Å². The van der Waals surface area contributed by atoms with Crippen LogP contribution in [0.2, 0.25) is 0 Å². The van der Waals surface area contributed by atoms with E-state index in [0.717, 1.165) is 24.5 Å².